The Morgan fingerprint density at radius 3 is 2.35 bits per heavy atom. The van der Waals surface area contributed by atoms with Crippen LogP contribution in [0.25, 0.3) is 11.1 Å². The summed E-state index contributed by atoms with van der Waals surface area (Å²) < 4.78 is 0. The van der Waals surface area contributed by atoms with Gasteiger partial charge in [-0.2, -0.15) is 0 Å². The molecule has 1 aromatic carbocycles. The number of carbonyl (C=O) groups excluding carboxylic acids is 2. The number of hydrogen-bond acceptors (Lipinski definition) is 3. The summed E-state index contributed by atoms with van der Waals surface area (Å²) in [6.45, 7) is 4.57. The first-order valence-electron chi connectivity index (χ1n) is 8.61. The van der Waals surface area contributed by atoms with Crippen molar-refractivity contribution in [3.63, 3.8) is 0 Å². The number of pyridine rings is 1. The molecule has 26 heavy (non-hydrogen) atoms. The van der Waals surface area contributed by atoms with Gasteiger partial charge >= 0.3 is 6.03 Å². The van der Waals surface area contributed by atoms with Crippen molar-refractivity contribution >= 4 is 23.5 Å². The number of nitrogens with zero attached hydrogens (tertiary/aromatic N) is 3. The van der Waals surface area contributed by atoms with Crippen molar-refractivity contribution in [1.29, 1.82) is 0 Å². The molecule has 2 heterocycles. The van der Waals surface area contributed by atoms with Crippen molar-refractivity contribution < 1.29 is 9.59 Å². The lowest BCUT2D eigenvalue weighted by molar-refractivity contribution is 0.0665. The third-order valence-electron chi connectivity index (χ3n) is 4.34. The maximum absolute atomic E-state index is 12.8. The molecule has 0 spiro atoms. The SMILES string of the molecule is CCNC(=O)N1CCN(C(=O)c2cncc(-c3ccc(Cl)cc3)c2)CC1. The fourth-order valence-electron chi connectivity index (χ4n) is 2.92. The maximum atomic E-state index is 12.8. The van der Waals surface area contributed by atoms with Crippen LogP contribution in [0, 0.1) is 0 Å². The van der Waals surface area contributed by atoms with E-state index in [0.717, 1.165) is 11.1 Å². The summed E-state index contributed by atoms with van der Waals surface area (Å²) in [4.78, 5) is 32.4. The van der Waals surface area contributed by atoms with Gasteiger partial charge in [-0.1, -0.05) is 23.7 Å². The normalized spacial score (nSPS) is 14.2. The van der Waals surface area contributed by atoms with Gasteiger partial charge in [0.1, 0.15) is 0 Å². The minimum Gasteiger partial charge on any atom is -0.338 e. The highest BCUT2D eigenvalue weighted by atomic mass is 35.5. The lowest BCUT2D eigenvalue weighted by Crippen LogP contribution is -2.53. The number of benzene rings is 1. The van der Waals surface area contributed by atoms with Crippen LogP contribution in [-0.4, -0.2) is 59.4 Å². The van der Waals surface area contributed by atoms with Gasteiger partial charge in [-0.25, -0.2) is 4.79 Å². The zero-order valence-corrected chi connectivity index (χ0v) is 15.4. The first-order chi connectivity index (χ1) is 12.6. The number of piperazine rings is 1. The van der Waals surface area contributed by atoms with E-state index in [0.29, 0.717) is 43.3 Å². The molecule has 1 N–H and O–H groups in total. The van der Waals surface area contributed by atoms with Crippen molar-refractivity contribution in [1.82, 2.24) is 20.1 Å². The number of urea groups is 1. The lowest BCUT2D eigenvalue weighted by atomic mass is 10.1. The number of hydrogen-bond donors (Lipinski definition) is 1. The molecule has 1 saturated heterocycles. The molecule has 0 aliphatic carbocycles. The summed E-state index contributed by atoms with van der Waals surface area (Å²) in [6.07, 6.45) is 3.31. The van der Waals surface area contributed by atoms with E-state index in [-0.39, 0.29) is 11.9 Å². The number of amides is 3. The minimum absolute atomic E-state index is 0.0659. The summed E-state index contributed by atoms with van der Waals surface area (Å²) in [7, 11) is 0. The van der Waals surface area contributed by atoms with Gasteiger partial charge < -0.3 is 15.1 Å². The van der Waals surface area contributed by atoms with E-state index >= 15 is 0 Å². The summed E-state index contributed by atoms with van der Waals surface area (Å²) in [5.74, 6) is -0.0659. The molecule has 0 unspecified atom stereocenters. The van der Waals surface area contributed by atoms with Crippen LogP contribution in [0.5, 0.6) is 0 Å². The largest absolute Gasteiger partial charge is 0.338 e. The monoisotopic (exact) mass is 372 g/mol. The van der Waals surface area contributed by atoms with Crippen LogP contribution < -0.4 is 5.32 Å². The van der Waals surface area contributed by atoms with Crippen LogP contribution >= 0.6 is 11.6 Å². The fraction of sp³-hybridized carbons (Fsp3) is 0.316. The lowest BCUT2D eigenvalue weighted by Gasteiger charge is -2.34. The molecule has 1 aliphatic heterocycles. The van der Waals surface area contributed by atoms with Gasteiger partial charge in [0, 0.05) is 55.7 Å². The Hall–Kier alpha value is -2.60. The number of nitrogens with one attached hydrogen (secondary N) is 1. The number of rotatable bonds is 3. The molecule has 136 valence electrons. The van der Waals surface area contributed by atoms with Crippen LogP contribution in [0.3, 0.4) is 0 Å². The molecule has 0 atom stereocenters. The van der Waals surface area contributed by atoms with Crippen LogP contribution in [0.4, 0.5) is 4.79 Å². The van der Waals surface area contributed by atoms with Crippen LogP contribution in [0.2, 0.25) is 5.02 Å². The predicted octanol–water partition coefficient (Wildman–Crippen LogP) is 2.89. The van der Waals surface area contributed by atoms with E-state index in [1.54, 1.807) is 22.2 Å². The Labute approximate surface area is 157 Å². The summed E-state index contributed by atoms with van der Waals surface area (Å²) in [5.41, 5.74) is 2.37. The standard InChI is InChI=1S/C19H21ClN4O2/c1-2-22-19(26)24-9-7-23(8-10-24)18(25)16-11-15(12-21-13-16)14-3-5-17(20)6-4-14/h3-6,11-13H,2,7-10H2,1H3,(H,22,26). The Bertz CT molecular complexity index is 786. The Morgan fingerprint density at radius 2 is 1.69 bits per heavy atom. The van der Waals surface area contributed by atoms with E-state index in [2.05, 4.69) is 10.3 Å². The topological polar surface area (TPSA) is 65.5 Å². The van der Waals surface area contributed by atoms with E-state index in [1.807, 2.05) is 37.3 Å². The molecule has 1 fully saturated rings. The van der Waals surface area contributed by atoms with Crippen LogP contribution in [0.15, 0.2) is 42.7 Å². The second-order valence-corrected chi connectivity index (χ2v) is 6.52. The number of halogens is 1. The smallest absolute Gasteiger partial charge is 0.317 e. The van der Waals surface area contributed by atoms with Crippen LogP contribution in [-0.2, 0) is 0 Å². The average molecular weight is 373 g/mol. The maximum Gasteiger partial charge on any atom is 0.317 e. The van der Waals surface area contributed by atoms with Gasteiger partial charge in [0.25, 0.3) is 5.91 Å². The van der Waals surface area contributed by atoms with Crippen molar-refractivity contribution in [3.05, 3.63) is 53.3 Å². The molecule has 0 saturated carbocycles. The van der Waals surface area contributed by atoms with Crippen LogP contribution in [0.1, 0.15) is 17.3 Å². The van der Waals surface area contributed by atoms with Crippen molar-refractivity contribution in [2.75, 3.05) is 32.7 Å². The first kappa shape index (κ1) is 18.2. The molecule has 3 amide bonds. The number of carbonyl (C=O) groups is 2. The molecular weight excluding hydrogens is 352 g/mol. The molecule has 1 aliphatic rings. The summed E-state index contributed by atoms with van der Waals surface area (Å²) in [6, 6.07) is 9.19. The Morgan fingerprint density at radius 1 is 1.04 bits per heavy atom. The van der Waals surface area contributed by atoms with Crippen molar-refractivity contribution in [2.24, 2.45) is 0 Å². The second-order valence-electron chi connectivity index (χ2n) is 6.08. The van der Waals surface area contributed by atoms with Gasteiger partial charge in [0.05, 0.1) is 5.56 Å². The van der Waals surface area contributed by atoms with Crippen molar-refractivity contribution in [3.8, 4) is 11.1 Å². The van der Waals surface area contributed by atoms with E-state index in [4.69, 9.17) is 11.6 Å². The molecule has 6 nitrogen and oxygen atoms in total. The molecule has 0 bridgehead atoms. The highest BCUT2D eigenvalue weighted by Gasteiger charge is 2.24. The predicted molar refractivity (Wildman–Crippen MR) is 101 cm³/mol. The Kier molecular flexibility index (Phi) is 5.73. The quantitative estimate of drug-likeness (QED) is 0.900. The average Bonchev–Trinajstić information content (AvgIpc) is 2.68. The molecular formula is C19H21ClN4O2. The molecule has 2 aromatic rings. The van der Waals surface area contributed by atoms with Crippen molar-refractivity contribution in [2.45, 2.75) is 6.92 Å². The zero-order chi connectivity index (χ0) is 18.5. The third-order valence-corrected chi connectivity index (χ3v) is 4.60. The molecule has 1 aromatic heterocycles. The highest BCUT2D eigenvalue weighted by Crippen LogP contribution is 2.22. The van der Waals surface area contributed by atoms with Gasteiger partial charge in [0.2, 0.25) is 0 Å². The minimum atomic E-state index is -0.0778. The summed E-state index contributed by atoms with van der Waals surface area (Å²) >= 11 is 5.93. The summed E-state index contributed by atoms with van der Waals surface area (Å²) in [5, 5.41) is 3.45. The first-order valence-corrected chi connectivity index (χ1v) is 8.99. The number of aromatic nitrogens is 1. The van der Waals surface area contributed by atoms with Gasteiger partial charge in [-0.05, 0) is 30.7 Å². The van der Waals surface area contributed by atoms with Gasteiger partial charge in [-0.15, -0.1) is 0 Å². The molecule has 3 rings (SSSR count). The molecule has 0 radical (unpaired) electrons. The second kappa shape index (κ2) is 8.19. The van der Waals surface area contributed by atoms with Gasteiger partial charge in [0.15, 0.2) is 0 Å². The van der Waals surface area contributed by atoms with Gasteiger partial charge in [-0.3, -0.25) is 9.78 Å². The fourth-order valence-corrected chi connectivity index (χ4v) is 3.04. The van der Waals surface area contributed by atoms with E-state index in [1.165, 1.54) is 0 Å². The van der Waals surface area contributed by atoms with E-state index < -0.39 is 0 Å². The zero-order valence-electron chi connectivity index (χ0n) is 14.6. The van der Waals surface area contributed by atoms with E-state index in [9.17, 15) is 9.59 Å². The third kappa shape index (κ3) is 4.14. The Balaban J connectivity index is 1.68. The molecule has 7 heteroatoms. The highest BCUT2D eigenvalue weighted by molar-refractivity contribution is 6.30.